The molecule has 8 nitrogen and oxygen atoms in total. The first-order valence-electron chi connectivity index (χ1n) is 10.2. The number of fused-ring (bicyclic) bond motifs is 1. The molecule has 2 aliphatic heterocycles. The topological polar surface area (TPSA) is 94.8 Å². The second-order valence-electron chi connectivity index (χ2n) is 7.96. The Morgan fingerprint density at radius 1 is 1.00 bits per heavy atom. The Balaban J connectivity index is 1.37. The molecule has 0 radical (unpaired) electrons. The monoisotopic (exact) mass is 441 g/mol. The maximum absolute atomic E-state index is 13.2. The van der Waals surface area contributed by atoms with E-state index < -0.39 is 10.0 Å². The number of hydrogen-bond donors (Lipinski definition) is 0. The zero-order valence-corrected chi connectivity index (χ0v) is 18.2. The zero-order chi connectivity index (χ0) is 21.6. The van der Waals surface area contributed by atoms with Crippen molar-refractivity contribution in [1.82, 2.24) is 14.5 Å². The minimum Gasteiger partial charge on any atom is -0.454 e. The summed E-state index contributed by atoms with van der Waals surface area (Å²) >= 11 is 0. The summed E-state index contributed by atoms with van der Waals surface area (Å²) in [6.45, 7) is 4.88. The van der Waals surface area contributed by atoms with Crippen LogP contribution >= 0.6 is 0 Å². The van der Waals surface area contributed by atoms with E-state index in [4.69, 9.17) is 13.9 Å². The Labute approximate surface area is 180 Å². The lowest BCUT2D eigenvalue weighted by Gasteiger charge is -2.30. The van der Waals surface area contributed by atoms with Gasteiger partial charge < -0.3 is 13.9 Å². The van der Waals surface area contributed by atoms with E-state index in [2.05, 4.69) is 10.2 Å². The van der Waals surface area contributed by atoms with Crippen LogP contribution in [0.25, 0.3) is 11.5 Å². The van der Waals surface area contributed by atoms with Crippen LogP contribution in [0.1, 0.15) is 35.8 Å². The van der Waals surface area contributed by atoms with Gasteiger partial charge in [0.05, 0.1) is 10.8 Å². The van der Waals surface area contributed by atoms with E-state index in [0.717, 1.165) is 29.5 Å². The molecule has 31 heavy (non-hydrogen) atoms. The van der Waals surface area contributed by atoms with Gasteiger partial charge in [0.2, 0.25) is 28.6 Å². The lowest BCUT2D eigenvalue weighted by molar-refractivity contribution is 0.174. The molecule has 2 aliphatic rings. The number of aryl methyl sites for hydroxylation is 2. The molecule has 5 rings (SSSR count). The average molecular weight is 442 g/mol. The zero-order valence-electron chi connectivity index (χ0n) is 17.4. The highest BCUT2D eigenvalue weighted by atomic mass is 32.2. The summed E-state index contributed by atoms with van der Waals surface area (Å²) in [7, 11) is -3.58. The molecule has 1 saturated heterocycles. The lowest BCUT2D eigenvalue weighted by Crippen LogP contribution is -2.39. The third kappa shape index (κ3) is 3.68. The van der Waals surface area contributed by atoms with Crippen LogP contribution in [0.4, 0.5) is 0 Å². The van der Waals surface area contributed by atoms with Gasteiger partial charge in [0.15, 0.2) is 11.5 Å². The molecule has 3 aromatic rings. The third-order valence-corrected chi connectivity index (χ3v) is 7.77. The van der Waals surface area contributed by atoms with Gasteiger partial charge >= 0.3 is 0 Å². The Morgan fingerprint density at radius 2 is 1.84 bits per heavy atom. The van der Waals surface area contributed by atoms with Crippen LogP contribution in [0.15, 0.2) is 45.7 Å². The molecule has 0 N–H and O–H groups in total. The van der Waals surface area contributed by atoms with Gasteiger partial charge in [0.1, 0.15) is 0 Å². The van der Waals surface area contributed by atoms with Crippen molar-refractivity contribution in [3.05, 3.63) is 53.4 Å². The number of nitrogens with zero attached hydrogens (tertiary/aromatic N) is 3. The van der Waals surface area contributed by atoms with Crippen molar-refractivity contribution in [2.24, 2.45) is 0 Å². The summed E-state index contributed by atoms with van der Waals surface area (Å²) < 4.78 is 44.6. The molecule has 1 fully saturated rings. The molecule has 3 heterocycles. The first-order chi connectivity index (χ1) is 14.9. The predicted octanol–water partition coefficient (Wildman–Crippen LogP) is 3.65. The van der Waals surface area contributed by atoms with Crippen molar-refractivity contribution in [3.63, 3.8) is 0 Å². The number of hydrogen-bond acceptors (Lipinski definition) is 7. The van der Waals surface area contributed by atoms with Crippen molar-refractivity contribution in [3.8, 4) is 23.0 Å². The minimum atomic E-state index is -3.58. The first kappa shape index (κ1) is 20.0. The van der Waals surface area contributed by atoms with Gasteiger partial charge in [-0.05, 0) is 68.1 Å². The highest BCUT2D eigenvalue weighted by molar-refractivity contribution is 7.89. The fourth-order valence-corrected chi connectivity index (χ4v) is 5.54. The second-order valence-corrected chi connectivity index (χ2v) is 9.90. The summed E-state index contributed by atoms with van der Waals surface area (Å²) in [6, 6.07) is 10.7. The van der Waals surface area contributed by atoms with Crippen LogP contribution in [-0.2, 0) is 10.0 Å². The standard InChI is InChI=1S/C22H23N3O5S/c1-14-5-7-18(10-15(14)2)31(26,27)25-9-3-4-17(12-25)22-24-23-21(30-22)16-6-8-19-20(11-16)29-13-28-19/h5-8,10-11,17H,3-4,9,12-13H2,1-2H3/t17-/m1/s1. The molecule has 0 unspecified atom stereocenters. The van der Waals surface area contributed by atoms with Gasteiger partial charge in [0, 0.05) is 18.7 Å². The van der Waals surface area contributed by atoms with Crippen LogP contribution in [0.5, 0.6) is 11.5 Å². The molecule has 2 aromatic carbocycles. The molecule has 9 heteroatoms. The molecular weight excluding hydrogens is 418 g/mol. The van der Waals surface area contributed by atoms with Gasteiger partial charge in [-0.1, -0.05) is 6.07 Å². The average Bonchev–Trinajstić information content (AvgIpc) is 3.45. The van der Waals surface area contributed by atoms with Gasteiger partial charge in [-0.3, -0.25) is 0 Å². The molecule has 0 amide bonds. The molecule has 0 saturated carbocycles. The van der Waals surface area contributed by atoms with Crippen molar-refractivity contribution >= 4 is 10.0 Å². The van der Waals surface area contributed by atoms with E-state index in [-0.39, 0.29) is 12.7 Å². The Bertz CT molecular complexity index is 1240. The predicted molar refractivity (Wildman–Crippen MR) is 113 cm³/mol. The Hall–Kier alpha value is -2.91. The van der Waals surface area contributed by atoms with Gasteiger partial charge in [-0.2, -0.15) is 4.31 Å². The van der Waals surface area contributed by atoms with E-state index >= 15 is 0 Å². The lowest BCUT2D eigenvalue weighted by atomic mass is 10.00. The largest absolute Gasteiger partial charge is 0.454 e. The fraction of sp³-hybridized carbons (Fsp3) is 0.364. The molecule has 0 aliphatic carbocycles. The first-order valence-corrected chi connectivity index (χ1v) is 11.7. The van der Waals surface area contributed by atoms with Gasteiger partial charge in [0.25, 0.3) is 0 Å². The number of sulfonamides is 1. The number of ether oxygens (including phenoxy) is 2. The second kappa shape index (κ2) is 7.65. The Morgan fingerprint density at radius 3 is 2.68 bits per heavy atom. The molecule has 1 atom stereocenters. The maximum Gasteiger partial charge on any atom is 0.247 e. The minimum absolute atomic E-state index is 0.148. The SMILES string of the molecule is Cc1ccc(S(=O)(=O)N2CCC[C@@H](c3nnc(-c4ccc5c(c4)OCO5)o3)C2)cc1C. The van der Waals surface area contributed by atoms with Crippen LogP contribution in [0.2, 0.25) is 0 Å². The quantitative estimate of drug-likeness (QED) is 0.610. The number of benzene rings is 2. The number of rotatable bonds is 4. The summed E-state index contributed by atoms with van der Waals surface area (Å²) in [5, 5.41) is 8.39. The highest BCUT2D eigenvalue weighted by Gasteiger charge is 2.33. The third-order valence-electron chi connectivity index (χ3n) is 5.91. The smallest absolute Gasteiger partial charge is 0.247 e. The van der Waals surface area contributed by atoms with Crippen molar-refractivity contribution in [2.75, 3.05) is 19.9 Å². The van der Waals surface area contributed by atoms with E-state index in [1.165, 1.54) is 4.31 Å². The molecule has 1 aromatic heterocycles. The van der Waals surface area contributed by atoms with E-state index in [1.807, 2.05) is 26.0 Å². The molecular formula is C22H23N3O5S. The number of piperidine rings is 1. The van der Waals surface area contributed by atoms with E-state index in [0.29, 0.717) is 41.3 Å². The maximum atomic E-state index is 13.2. The van der Waals surface area contributed by atoms with Crippen LogP contribution in [0, 0.1) is 13.8 Å². The fourth-order valence-electron chi connectivity index (χ4n) is 3.93. The van der Waals surface area contributed by atoms with Crippen LogP contribution < -0.4 is 9.47 Å². The van der Waals surface area contributed by atoms with Crippen molar-refractivity contribution in [1.29, 1.82) is 0 Å². The molecule has 0 spiro atoms. The van der Waals surface area contributed by atoms with Crippen LogP contribution in [-0.4, -0.2) is 42.8 Å². The molecule has 0 bridgehead atoms. The highest BCUT2D eigenvalue weighted by Crippen LogP contribution is 2.36. The van der Waals surface area contributed by atoms with Crippen molar-refractivity contribution < 1.29 is 22.3 Å². The van der Waals surface area contributed by atoms with E-state index in [1.54, 1.807) is 24.3 Å². The summed E-state index contributed by atoms with van der Waals surface area (Å²) in [5.74, 6) is 2.00. The van der Waals surface area contributed by atoms with E-state index in [9.17, 15) is 8.42 Å². The molecule has 162 valence electrons. The summed E-state index contributed by atoms with van der Waals surface area (Å²) in [6.07, 6.45) is 1.53. The van der Waals surface area contributed by atoms with Crippen LogP contribution in [0.3, 0.4) is 0 Å². The van der Waals surface area contributed by atoms with Gasteiger partial charge in [-0.25, -0.2) is 8.42 Å². The summed E-state index contributed by atoms with van der Waals surface area (Å²) in [5.41, 5.74) is 2.76. The number of aromatic nitrogens is 2. The van der Waals surface area contributed by atoms with Gasteiger partial charge in [-0.15, -0.1) is 10.2 Å². The van der Waals surface area contributed by atoms with Crippen molar-refractivity contribution in [2.45, 2.75) is 37.5 Å². The summed E-state index contributed by atoms with van der Waals surface area (Å²) in [4.78, 5) is 0.322. The normalized spacial score (nSPS) is 19.0. The Kier molecular flexibility index (Phi) is 4.94.